The molecule has 33 heavy (non-hydrogen) atoms. The first-order valence-electron chi connectivity index (χ1n) is 10.2. The fourth-order valence-electron chi connectivity index (χ4n) is 3.45. The van der Waals surface area contributed by atoms with E-state index in [4.69, 9.17) is 27.5 Å². The van der Waals surface area contributed by atoms with E-state index in [0.29, 0.717) is 11.4 Å². The van der Waals surface area contributed by atoms with E-state index in [2.05, 4.69) is 10.6 Å². The summed E-state index contributed by atoms with van der Waals surface area (Å²) in [7, 11) is 0. The standard InChI is InChI=1S/C21H26ClN3O7S/c22-14-4-2-1-3-12(14)13-7-11(26)8-17(13)33-10-16(20(30)24-9-19(28)29)25-18(27)6-5-15(23)21(31)32/h1-4,13,15-17H,5-10,23H2,(H,24,30)(H,25,27)(H,28,29)(H,31,32)/t13?,15-,16-,17?/m0/s1. The Morgan fingerprint density at radius 2 is 1.88 bits per heavy atom. The van der Waals surface area contributed by atoms with Crippen LogP contribution in [0.1, 0.15) is 37.2 Å². The molecule has 10 nitrogen and oxygen atoms in total. The Morgan fingerprint density at radius 1 is 1.18 bits per heavy atom. The molecule has 2 amide bonds. The highest BCUT2D eigenvalue weighted by molar-refractivity contribution is 8.00. The third-order valence-corrected chi connectivity index (χ3v) is 6.97. The lowest BCUT2D eigenvalue weighted by Gasteiger charge is -2.23. The van der Waals surface area contributed by atoms with Gasteiger partial charge in [0.15, 0.2) is 0 Å². The monoisotopic (exact) mass is 499 g/mol. The second kappa shape index (κ2) is 12.6. The second-order valence-electron chi connectivity index (χ2n) is 7.66. The first-order chi connectivity index (χ1) is 15.6. The smallest absolute Gasteiger partial charge is 0.322 e. The van der Waals surface area contributed by atoms with Gasteiger partial charge in [0.05, 0.1) is 0 Å². The summed E-state index contributed by atoms with van der Waals surface area (Å²) in [6.07, 6.45) is 0.261. The Morgan fingerprint density at radius 3 is 2.52 bits per heavy atom. The summed E-state index contributed by atoms with van der Waals surface area (Å²) in [6, 6.07) is 4.92. The average molecular weight is 500 g/mol. The molecule has 1 aromatic carbocycles. The van der Waals surface area contributed by atoms with Crippen molar-refractivity contribution in [1.82, 2.24) is 10.6 Å². The van der Waals surface area contributed by atoms with E-state index in [-0.39, 0.29) is 42.0 Å². The fourth-order valence-corrected chi connectivity index (χ4v) is 5.18. The molecular formula is C21H26ClN3O7S. The maximum absolute atomic E-state index is 12.5. The molecule has 1 fully saturated rings. The first kappa shape index (κ1) is 26.6. The minimum Gasteiger partial charge on any atom is -0.480 e. The van der Waals surface area contributed by atoms with Crippen molar-refractivity contribution in [2.24, 2.45) is 5.73 Å². The van der Waals surface area contributed by atoms with Gasteiger partial charge in [0.2, 0.25) is 11.8 Å². The van der Waals surface area contributed by atoms with E-state index in [1.165, 1.54) is 11.8 Å². The summed E-state index contributed by atoms with van der Waals surface area (Å²) >= 11 is 7.62. The van der Waals surface area contributed by atoms with Gasteiger partial charge in [-0.05, 0) is 18.1 Å². The normalized spacial score (nSPS) is 19.5. The van der Waals surface area contributed by atoms with Gasteiger partial charge in [-0.25, -0.2) is 0 Å². The number of aliphatic carboxylic acids is 2. The SMILES string of the molecule is N[C@@H](CCC(=O)N[C@@H](CSC1CC(=O)CC1c1ccccc1Cl)C(=O)NCC(=O)O)C(=O)O. The zero-order valence-electron chi connectivity index (χ0n) is 17.7. The van der Waals surface area contributed by atoms with E-state index in [1.807, 2.05) is 12.1 Å². The van der Waals surface area contributed by atoms with Crippen LogP contribution in [0.15, 0.2) is 24.3 Å². The number of hydrogen-bond donors (Lipinski definition) is 5. The highest BCUT2D eigenvalue weighted by Gasteiger charge is 2.36. The molecule has 6 N–H and O–H groups in total. The Bertz CT molecular complexity index is 914. The maximum Gasteiger partial charge on any atom is 0.322 e. The Balaban J connectivity index is 2.06. The summed E-state index contributed by atoms with van der Waals surface area (Å²) < 4.78 is 0. The molecule has 0 aliphatic heterocycles. The molecule has 1 aromatic rings. The number of amides is 2. The van der Waals surface area contributed by atoms with E-state index in [0.717, 1.165) is 5.56 Å². The van der Waals surface area contributed by atoms with Crippen molar-refractivity contribution < 1.29 is 34.2 Å². The van der Waals surface area contributed by atoms with Gasteiger partial charge in [-0.2, -0.15) is 11.8 Å². The molecule has 12 heteroatoms. The third-order valence-electron chi connectivity index (χ3n) is 5.17. The fraction of sp³-hybridized carbons (Fsp3) is 0.476. The number of hydrogen-bond acceptors (Lipinski definition) is 7. The predicted molar refractivity (Wildman–Crippen MR) is 122 cm³/mol. The number of carboxylic acid groups (broad SMARTS) is 2. The summed E-state index contributed by atoms with van der Waals surface area (Å²) in [5.41, 5.74) is 6.24. The predicted octanol–water partition coefficient (Wildman–Crippen LogP) is 0.766. The lowest BCUT2D eigenvalue weighted by atomic mass is 9.97. The quantitative estimate of drug-likeness (QED) is 0.278. The number of nitrogens with two attached hydrogens (primary N) is 1. The van der Waals surface area contributed by atoms with Crippen LogP contribution >= 0.6 is 23.4 Å². The van der Waals surface area contributed by atoms with Crippen LogP contribution in [0.4, 0.5) is 0 Å². The van der Waals surface area contributed by atoms with Gasteiger partial charge in [-0.15, -0.1) is 0 Å². The molecule has 0 heterocycles. The van der Waals surface area contributed by atoms with Gasteiger partial charge >= 0.3 is 11.9 Å². The zero-order valence-corrected chi connectivity index (χ0v) is 19.2. The van der Waals surface area contributed by atoms with Crippen molar-refractivity contribution in [3.8, 4) is 0 Å². The Kier molecular flexibility index (Phi) is 10.1. The molecule has 0 spiro atoms. The number of carboxylic acids is 2. The van der Waals surface area contributed by atoms with Crippen LogP contribution in [0.25, 0.3) is 0 Å². The lowest BCUT2D eigenvalue weighted by molar-refractivity contribution is -0.139. The summed E-state index contributed by atoms with van der Waals surface area (Å²) in [5.74, 6) is -3.77. The number of halogens is 1. The van der Waals surface area contributed by atoms with Crippen molar-refractivity contribution in [2.75, 3.05) is 12.3 Å². The van der Waals surface area contributed by atoms with E-state index in [1.54, 1.807) is 12.1 Å². The van der Waals surface area contributed by atoms with Crippen LogP contribution in [-0.2, 0) is 24.0 Å². The number of ketones is 1. The summed E-state index contributed by atoms with van der Waals surface area (Å²) in [5, 5.41) is 22.8. The zero-order chi connectivity index (χ0) is 24.5. The summed E-state index contributed by atoms with van der Waals surface area (Å²) in [4.78, 5) is 58.5. The van der Waals surface area contributed by atoms with Gasteiger partial charge in [-0.3, -0.25) is 24.0 Å². The van der Waals surface area contributed by atoms with Crippen molar-refractivity contribution in [1.29, 1.82) is 0 Å². The lowest BCUT2D eigenvalue weighted by Crippen LogP contribution is -2.49. The minimum atomic E-state index is -1.24. The van der Waals surface area contributed by atoms with E-state index in [9.17, 15) is 24.0 Å². The Hall–Kier alpha value is -2.63. The molecular weight excluding hydrogens is 474 g/mol. The first-order valence-corrected chi connectivity index (χ1v) is 11.7. The van der Waals surface area contributed by atoms with Crippen LogP contribution in [-0.4, -0.2) is 69.4 Å². The average Bonchev–Trinajstić information content (AvgIpc) is 3.13. The molecule has 2 rings (SSSR count). The van der Waals surface area contributed by atoms with Crippen molar-refractivity contribution in [2.45, 2.75) is 48.9 Å². The molecule has 1 aliphatic carbocycles. The number of nitrogens with one attached hydrogen (secondary N) is 2. The molecule has 0 aromatic heterocycles. The largest absolute Gasteiger partial charge is 0.480 e. The third kappa shape index (κ3) is 8.34. The topological polar surface area (TPSA) is 176 Å². The number of carbonyl (C=O) groups excluding carboxylic acids is 3. The van der Waals surface area contributed by atoms with Crippen LogP contribution in [0, 0.1) is 0 Å². The number of benzene rings is 1. The maximum atomic E-state index is 12.5. The van der Waals surface area contributed by atoms with Crippen molar-refractivity contribution >= 4 is 52.9 Å². The highest BCUT2D eigenvalue weighted by atomic mass is 35.5. The molecule has 1 saturated carbocycles. The second-order valence-corrected chi connectivity index (χ2v) is 9.34. The van der Waals surface area contributed by atoms with Crippen molar-refractivity contribution in [3.63, 3.8) is 0 Å². The molecule has 4 atom stereocenters. The van der Waals surface area contributed by atoms with Gasteiger partial charge in [0.25, 0.3) is 0 Å². The minimum absolute atomic E-state index is 0.0657. The van der Waals surface area contributed by atoms with Crippen molar-refractivity contribution in [3.05, 3.63) is 34.9 Å². The number of carbonyl (C=O) groups is 5. The van der Waals surface area contributed by atoms with Crippen LogP contribution in [0.2, 0.25) is 5.02 Å². The molecule has 0 bridgehead atoms. The molecule has 180 valence electrons. The summed E-state index contributed by atoms with van der Waals surface area (Å²) in [6.45, 7) is -0.621. The Labute approximate surface area is 199 Å². The van der Waals surface area contributed by atoms with Crippen LogP contribution in [0.5, 0.6) is 0 Å². The van der Waals surface area contributed by atoms with Crippen LogP contribution in [0.3, 0.4) is 0 Å². The number of thioether (sulfide) groups is 1. The highest BCUT2D eigenvalue weighted by Crippen LogP contribution is 2.42. The molecule has 1 aliphatic rings. The van der Waals surface area contributed by atoms with Gasteiger partial charge in [0.1, 0.15) is 24.4 Å². The number of rotatable bonds is 12. The number of Topliss-reactive ketones (excluding diaryl/α,β-unsaturated/α-hetero) is 1. The molecule has 2 unspecified atom stereocenters. The van der Waals surface area contributed by atoms with Gasteiger partial charge in [0, 0.05) is 41.2 Å². The molecule has 0 saturated heterocycles. The van der Waals surface area contributed by atoms with Crippen LogP contribution < -0.4 is 16.4 Å². The van der Waals surface area contributed by atoms with Gasteiger partial charge in [-0.1, -0.05) is 29.8 Å². The van der Waals surface area contributed by atoms with E-state index < -0.39 is 42.4 Å². The van der Waals surface area contributed by atoms with Gasteiger partial charge < -0.3 is 26.6 Å². The van der Waals surface area contributed by atoms with E-state index >= 15 is 0 Å². The molecule has 0 radical (unpaired) electrons.